The molecule has 1 saturated heterocycles. The van der Waals surface area contributed by atoms with Gasteiger partial charge in [0.25, 0.3) is 5.91 Å². The van der Waals surface area contributed by atoms with E-state index in [1.165, 1.54) is 6.42 Å². The van der Waals surface area contributed by atoms with Crippen LogP contribution < -0.4 is 0 Å². The molecule has 0 spiro atoms. The lowest BCUT2D eigenvalue weighted by Gasteiger charge is -2.37. The second-order valence-electron chi connectivity index (χ2n) is 6.17. The van der Waals surface area contributed by atoms with Crippen molar-refractivity contribution >= 4 is 5.91 Å². The molecule has 2 aliphatic rings. The van der Waals surface area contributed by atoms with Crippen LogP contribution in [0.1, 0.15) is 54.6 Å². The summed E-state index contributed by atoms with van der Waals surface area (Å²) in [5.74, 6) is 1.08. The standard InChI is InChI=1S/C16H23NO3/c1-11-9-12(10-20-11)16(19)17-8-4-6-14(17)13-5-2-3-7-15(13)18/h9-10,13-15,18H,2-8H2,1H3. The molecule has 0 aromatic carbocycles. The van der Waals surface area contributed by atoms with Crippen LogP contribution in [-0.4, -0.2) is 34.6 Å². The van der Waals surface area contributed by atoms with Crippen LogP contribution in [0.25, 0.3) is 0 Å². The number of aliphatic hydroxyl groups is 1. The highest BCUT2D eigenvalue weighted by atomic mass is 16.3. The van der Waals surface area contributed by atoms with Crippen LogP contribution in [-0.2, 0) is 0 Å². The summed E-state index contributed by atoms with van der Waals surface area (Å²) in [5, 5.41) is 10.2. The zero-order chi connectivity index (χ0) is 14.1. The highest BCUT2D eigenvalue weighted by molar-refractivity contribution is 5.94. The zero-order valence-electron chi connectivity index (χ0n) is 12.0. The second kappa shape index (κ2) is 5.60. The van der Waals surface area contributed by atoms with Crippen molar-refractivity contribution in [3.8, 4) is 0 Å². The molecule has 0 bridgehead atoms. The zero-order valence-corrected chi connectivity index (χ0v) is 12.0. The van der Waals surface area contributed by atoms with E-state index in [-0.39, 0.29) is 24.0 Å². The maximum Gasteiger partial charge on any atom is 0.257 e. The summed E-state index contributed by atoms with van der Waals surface area (Å²) in [5.41, 5.74) is 0.639. The number of aliphatic hydroxyl groups excluding tert-OH is 1. The summed E-state index contributed by atoms with van der Waals surface area (Å²) < 4.78 is 5.25. The molecule has 3 unspecified atom stereocenters. The van der Waals surface area contributed by atoms with E-state index in [2.05, 4.69) is 0 Å². The van der Waals surface area contributed by atoms with E-state index >= 15 is 0 Å². The molecule has 1 saturated carbocycles. The van der Waals surface area contributed by atoms with E-state index in [0.29, 0.717) is 5.56 Å². The van der Waals surface area contributed by atoms with Crippen molar-refractivity contribution in [1.82, 2.24) is 4.90 Å². The van der Waals surface area contributed by atoms with E-state index in [4.69, 9.17) is 4.42 Å². The molecular weight excluding hydrogens is 254 g/mol. The van der Waals surface area contributed by atoms with Crippen LogP contribution in [0.2, 0.25) is 0 Å². The number of likely N-dealkylation sites (tertiary alicyclic amines) is 1. The molecule has 0 radical (unpaired) electrons. The summed E-state index contributed by atoms with van der Waals surface area (Å²) in [6.07, 6.45) is 7.57. The van der Waals surface area contributed by atoms with Crippen LogP contribution in [0.4, 0.5) is 0 Å². The first-order valence-electron chi connectivity index (χ1n) is 7.71. The van der Waals surface area contributed by atoms with E-state index in [9.17, 15) is 9.90 Å². The third kappa shape index (κ3) is 2.49. The lowest BCUT2D eigenvalue weighted by Crippen LogP contribution is -2.45. The van der Waals surface area contributed by atoms with Crippen LogP contribution in [0.15, 0.2) is 16.7 Å². The molecule has 1 N–H and O–H groups in total. The topological polar surface area (TPSA) is 53.7 Å². The molecule has 1 aromatic rings. The lowest BCUT2D eigenvalue weighted by atomic mass is 9.80. The van der Waals surface area contributed by atoms with Gasteiger partial charge < -0.3 is 14.4 Å². The average molecular weight is 277 g/mol. The van der Waals surface area contributed by atoms with Gasteiger partial charge in [-0.1, -0.05) is 12.8 Å². The van der Waals surface area contributed by atoms with Crippen molar-refractivity contribution in [3.63, 3.8) is 0 Å². The molecule has 1 aliphatic carbocycles. The van der Waals surface area contributed by atoms with Gasteiger partial charge in [0.15, 0.2) is 0 Å². The van der Waals surface area contributed by atoms with Crippen molar-refractivity contribution < 1.29 is 14.3 Å². The Labute approximate surface area is 119 Å². The Morgan fingerprint density at radius 1 is 1.30 bits per heavy atom. The average Bonchev–Trinajstić information content (AvgIpc) is 3.07. The Morgan fingerprint density at radius 3 is 2.80 bits per heavy atom. The highest BCUT2D eigenvalue weighted by Gasteiger charge is 2.39. The smallest absolute Gasteiger partial charge is 0.257 e. The highest BCUT2D eigenvalue weighted by Crippen LogP contribution is 2.35. The van der Waals surface area contributed by atoms with Gasteiger partial charge in [-0.15, -0.1) is 0 Å². The third-order valence-electron chi connectivity index (χ3n) is 4.81. The third-order valence-corrected chi connectivity index (χ3v) is 4.81. The minimum absolute atomic E-state index is 0.0575. The van der Waals surface area contributed by atoms with Gasteiger partial charge in [-0.2, -0.15) is 0 Å². The van der Waals surface area contributed by atoms with E-state index in [1.54, 1.807) is 12.3 Å². The summed E-state index contributed by atoms with van der Waals surface area (Å²) in [7, 11) is 0. The number of carbonyl (C=O) groups excluding carboxylic acids is 1. The first kappa shape index (κ1) is 13.7. The molecule has 3 atom stereocenters. The molecule has 4 heteroatoms. The number of rotatable bonds is 2. The van der Waals surface area contributed by atoms with Crippen molar-refractivity contribution in [1.29, 1.82) is 0 Å². The Kier molecular flexibility index (Phi) is 3.83. The Hall–Kier alpha value is -1.29. The van der Waals surface area contributed by atoms with Crippen molar-refractivity contribution in [2.45, 2.75) is 57.6 Å². The van der Waals surface area contributed by atoms with Crippen LogP contribution in [0.5, 0.6) is 0 Å². The van der Waals surface area contributed by atoms with Crippen LogP contribution in [0, 0.1) is 12.8 Å². The number of aryl methyl sites for hydroxylation is 1. The molecule has 1 amide bonds. The quantitative estimate of drug-likeness (QED) is 0.904. The largest absolute Gasteiger partial charge is 0.469 e. The maximum atomic E-state index is 12.6. The molecule has 4 nitrogen and oxygen atoms in total. The van der Waals surface area contributed by atoms with Gasteiger partial charge in [0.1, 0.15) is 12.0 Å². The summed E-state index contributed by atoms with van der Waals surface area (Å²) in [6.45, 7) is 2.65. The summed E-state index contributed by atoms with van der Waals surface area (Å²) in [6, 6.07) is 2.00. The van der Waals surface area contributed by atoms with Gasteiger partial charge in [0, 0.05) is 18.5 Å². The van der Waals surface area contributed by atoms with Gasteiger partial charge in [-0.05, 0) is 38.7 Å². The molecule has 1 aliphatic heterocycles. The number of hydrogen-bond donors (Lipinski definition) is 1. The van der Waals surface area contributed by atoms with E-state index in [0.717, 1.165) is 44.4 Å². The number of hydrogen-bond acceptors (Lipinski definition) is 3. The van der Waals surface area contributed by atoms with E-state index in [1.807, 2.05) is 11.8 Å². The van der Waals surface area contributed by atoms with Crippen molar-refractivity contribution in [2.75, 3.05) is 6.54 Å². The number of furan rings is 1. The Bertz CT molecular complexity index is 482. The number of carbonyl (C=O) groups is 1. The summed E-state index contributed by atoms with van der Waals surface area (Å²) >= 11 is 0. The van der Waals surface area contributed by atoms with Crippen molar-refractivity contribution in [2.24, 2.45) is 5.92 Å². The summed E-state index contributed by atoms with van der Waals surface area (Å²) in [4.78, 5) is 14.6. The molecule has 2 heterocycles. The molecule has 3 rings (SSSR count). The van der Waals surface area contributed by atoms with Gasteiger partial charge in [0.2, 0.25) is 0 Å². The van der Waals surface area contributed by atoms with Crippen LogP contribution >= 0.6 is 0 Å². The number of amides is 1. The van der Waals surface area contributed by atoms with Crippen molar-refractivity contribution in [3.05, 3.63) is 23.7 Å². The normalized spacial score (nSPS) is 30.7. The number of nitrogens with zero attached hydrogens (tertiary/aromatic N) is 1. The molecule has 1 aromatic heterocycles. The minimum atomic E-state index is -0.242. The Balaban J connectivity index is 1.76. The molecule has 2 fully saturated rings. The first-order chi connectivity index (χ1) is 9.66. The van der Waals surface area contributed by atoms with Gasteiger partial charge in [-0.25, -0.2) is 0 Å². The van der Waals surface area contributed by atoms with Crippen LogP contribution in [0.3, 0.4) is 0 Å². The fourth-order valence-electron chi connectivity index (χ4n) is 3.80. The maximum absolute atomic E-state index is 12.6. The monoisotopic (exact) mass is 277 g/mol. The fraction of sp³-hybridized carbons (Fsp3) is 0.688. The predicted molar refractivity (Wildman–Crippen MR) is 75.5 cm³/mol. The first-order valence-corrected chi connectivity index (χ1v) is 7.71. The fourth-order valence-corrected chi connectivity index (χ4v) is 3.80. The van der Waals surface area contributed by atoms with Gasteiger partial charge in [0.05, 0.1) is 11.7 Å². The Morgan fingerprint density at radius 2 is 2.10 bits per heavy atom. The second-order valence-corrected chi connectivity index (χ2v) is 6.17. The van der Waals surface area contributed by atoms with Gasteiger partial charge in [-0.3, -0.25) is 4.79 Å². The molecule has 110 valence electrons. The van der Waals surface area contributed by atoms with Gasteiger partial charge >= 0.3 is 0 Å². The lowest BCUT2D eigenvalue weighted by molar-refractivity contribution is 0.0211. The minimum Gasteiger partial charge on any atom is -0.469 e. The molecule has 20 heavy (non-hydrogen) atoms. The molecular formula is C16H23NO3. The predicted octanol–water partition coefficient (Wildman–Crippen LogP) is 2.74. The SMILES string of the molecule is Cc1cc(C(=O)N2CCCC2C2CCCCC2O)co1. The van der Waals surface area contributed by atoms with E-state index < -0.39 is 0 Å².